The molecule has 0 aromatic rings. The third-order valence-corrected chi connectivity index (χ3v) is 4.30. The largest absolute Gasteiger partial charge is 0.393 e. The van der Waals surface area contributed by atoms with Crippen molar-refractivity contribution in [3.63, 3.8) is 0 Å². The van der Waals surface area contributed by atoms with Gasteiger partial charge in [-0.15, -0.1) is 0 Å². The molecule has 0 bridgehead atoms. The second-order valence-electron chi connectivity index (χ2n) is 5.20. The van der Waals surface area contributed by atoms with Crippen molar-refractivity contribution in [3.8, 4) is 0 Å². The highest BCUT2D eigenvalue weighted by Crippen LogP contribution is 2.52. The van der Waals surface area contributed by atoms with Crippen molar-refractivity contribution in [1.29, 1.82) is 0 Å². The van der Waals surface area contributed by atoms with Gasteiger partial charge in [0.25, 0.3) is 0 Å². The maximum atomic E-state index is 10.5. The van der Waals surface area contributed by atoms with Crippen molar-refractivity contribution < 1.29 is 10.2 Å². The van der Waals surface area contributed by atoms with E-state index in [1.165, 1.54) is 6.42 Å². The van der Waals surface area contributed by atoms with E-state index in [1.807, 2.05) is 0 Å². The molecule has 2 N–H and O–H groups in total. The Bertz CT molecular complexity index is 204. The SMILES string of the molecule is CC12CCCCC1(O)CC(O)CC2. The molecule has 2 heteroatoms. The van der Waals surface area contributed by atoms with Gasteiger partial charge in [-0.05, 0) is 31.1 Å². The van der Waals surface area contributed by atoms with E-state index in [9.17, 15) is 10.2 Å². The van der Waals surface area contributed by atoms with Crippen LogP contribution in [-0.4, -0.2) is 21.9 Å². The van der Waals surface area contributed by atoms with Crippen LogP contribution in [0, 0.1) is 5.41 Å². The molecule has 0 aromatic carbocycles. The van der Waals surface area contributed by atoms with Crippen molar-refractivity contribution in [1.82, 2.24) is 0 Å². The smallest absolute Gasteiger partial charge is 0.0725 e. The van der Waals surface area contributed by atoms with Gasteiger partial charge in [0.1, 0.15) is 0 Å². The molecule has 0 radical (unpaired) electrons. The molecule has 0 saturated heterocycles. The summed E-state index contributed by atoms with van der Waals surface area (Å²) in [7, 11) is 0. The van der Waals surface area contributed by atoms with Crippen LogP contribution >= 0.6 is 0 Å². The molecule has 2 fully saturated rings. The fourth-order valence-corrected chi connectivity index (χ4v) is 3.15. The first-order valence-corrected chi connectivity index (χ1v) is 5.46. The molecule has 0 aromatic heterocycles. The summed E-state index contributed by atoms with van der Waals surface area (Å²) in [5, 5.41) is 20.0. The predicted molar refractivity (Wildman–Crippen MR) is 51.4 cm³/mol. The summed E-state index contributed by atoms with van der Waals surface area (Å²) in [4.78, 5) is 0. The molecule has 2 aliphatic carbocycles. The lowest BCUT2D eigenvalue weighted by Crippen LogP contribution is -2.54. The molecular weight excluding hydrogens is 164 g/mol. The molecule has 2 rings (SSSR count). The molecule has 0 aliphatic heterocycles. The molecule has 3 unspecified atom stereocenters. The Morgan fingerprint density at radius 1 is 1.15 bits per heavy atom. The minimum Gasteiger partial charge on any atom is -0.393 e. The van der Waals surface area contributed by atoms with Crippen molar-refractivity contribution in [2.24, 2.45) is 5.41 Å². The first-order chi connectivity index (χ1) is 6.06. The van der Waals surface area contributed by atoms with Gasteiger partial charge in [0.15, 0.2) is 0 Å². The Morgan fingerprint density at radius 3 is 2.62 bits per heavy atom. The maximum Gasteiger partial charge on any atom is 0.0725 e. The summed E-state index contributed by atoms with van der Waals surface area (Å²) in [6, 6.07) is 0. The average Bonchev–Trinajstić information content (AvgIpc) is 2.07. The molecule has 3 atom stereocenters. The first kappa shape index (κ1) is 9.47. The van der Waals surface area contributed by atoms with Gasteiger partial charge in [-0.3, -0.25) is 0 Å². The summed E-state index contributed by atoms with van der Waals surface area (Å²) < 4.78 is 0. The van der Waals surface area contributed by atoms with E-state index in [4.69, 9.17) is 0 Å². The molecule has 2 saturated carbocycles. The third-order valence-electron chi connectivity index (χ3n) is 4.30. The normalized spacial score (nSPS) is 51.5. The Kier molecular flexibility index (Phi) is 2.16. The molecule has 76 valence electrons. The van der Waals surface area contributed by atoms with E-state index < -0.39 is 5.60 Å². The quantitative estimate of drug-likeness (QED) is 0.603. The predicted octanol–water partition coefficient (Wildman–Crippen LogP) is 1.84. The van der Waals surface area contributed by atoms with E-state index in [2.05, 4.69) is 6.92 Å². The number of aliphatic hydroxyl groups is 2. The van der Waals surface area contributed by atoms with Gasteiger partial charge >= 0.3 is 0 Å². The van der Waals surface area contributed by atoms with Crippen molar-refractivity contribution in [2.45, 2.75) is 63.6 Å². The Hall–Kier alpha value is -0.0800. The minimum atomic E-state index is -0.567. The van der Waals surface area contributed by atoms with Gasteiger partial charge in [0.2, 0.25) is 0 Å². The second-order valence-corrected chi connectivity index (χ2v) is 5.20. The van der Waals surface area contributed by atoms with Crippen LogP contribution < -0.4 is 0 Å². The highest BCUT2D eigenvalue weighted by atomic mass is 16.3. The number of rotatable bonds is 0. The summed E-state index contributed by atoms with van der Waals surface area (Å²) in [5.74, 6) is 0. The fourth-order valence-electron chi connectivity index (χ4n) is 3.15. The topological polar surface area (TPSA) is 40.5 Å². The van der Waals surface area contributed by atoms with E-state index in [0.29, 0.717) is 6.42 Å². The summed E-state index contributed by atoms with van der Waals surface area (Å²) >= 11 is 0. The fraction of sp³-hybridized carbons (Fsp3) is 1.00. The zero-order valence-corrected chi connectivity index (χ0v) is 8.42. The molecule has 0 spiro atoms. The van der Waals surface area contributed by atoms with Crippen LogP contribution in [0.4, 0.5) is 0 Å². The lowest BCUT2D eigenvalue weighted by molar-refractivity contribution is -0.158. The van der Waals surface area contributed by atoms with Crippen LogP contribution in [0.1, 0.15) is 51.9 Å². The van der Waals surface area contributed by atoms with Crippen LogP contribution in [0.15, 0.2) is 0 Å². The maximum absolute atomic E-state index is 10.5. The van der Waals surface area contributed by atoms with Gasteiger partial charge in [0, 0.05) is 6.42 Å². The van der Waals surface area contributed by atoms with Gasteiger partial charge in [-0.2, -0.15) is 0 Å². The first-order valence-electron chi connectivity index (χ1n) is 5.46. The Morgan fingerprint density at radius 2 is 1.85 bits per heavy atom. The molecule has 13 heavy (non-hydrogen) atoms. The summed E-state index contributed by atoms with van der Waals surface area (Å²) in [6.45, 7) is 2.19. The zero-order chi connectivity index (χ0) is 9.53. The zero-order valence-electron chi connectivity index (χ0n) is 8.42. The standard InChI is InChI=1S/C11H20O2/c1-10-5-2-3-6-11(10,13)8-9(12)4-7-10/h9,12-13H,2-8H2,1H3. The van der Waals surface area contributed by atoms with E-state index in [1.54, 1.807) is 0 Å². The van der Waals surface area contributed by atoms with E-state index in [-0.39, 0.29) is 11.5 Å². The highest BCUT2D eigenvalue weighted by molar-refractivity contribution is 5.03. The second kappa shape index (κ2) is 2.96. The average molecular weight is 184 g/mol. The van der Waals surface area contributed by atoms with Gasteiger partial charge in [0.05, 0.1) is 11.7 Å². The van der Waals surface area contributed by atoms with Crippen LogP contribution in [0.25, 0.3) is 0 Å². The van der Waals surface area contributed by atoms with Crippen LogP contribution in [0.2, 0.25) is 0 Å². The number of fused-ring (bicyclic) bond motifs is 1. The summed E-state index contributed by atoms with van der Waals surface area (Å²) in [6.07, 6.45) is 6.59. The lowest BCUT2D eigenvalue weighted by atomic mass is 9.57. The van der Waals surface area contributed by atoms with E-state index >= 15 is 0 Å². The molecule has 2 aliphatic rings. The number of hydrogen-bond donors (Lipinski definition) is 2. The van der Waals surface area contributed by atoms with Crippen LogP contribution in [-0.2, 0) is 0 Å². The third kappa shape index (κ3) is 1.40. The Labute approximate surface area is 80.0 Å². The monoisotopic (exact) mass is 184 g/mol. The molecule has 0 amide bonds. The van der Waals surface area contributed by atoms with Crippen molar-refractivity contribution >= 4 is 0 Å². The van der Waals surface area contributed by atoms with E-state index in [0.717, 1.165) is 32.1 Å². The van der Waals surface area contributed by atoms with Crippen LogP contribution in [0.3, 0.4) is 0 Å². The number of hydrogen-bond acceptors (Lipinski definition) is 2. The minimum absolute atomic E-state index is 0.0878. The molecule has 2 nitrogen and oxygen atoms in total. The lowest BCUT2D eigenvalue weighted by Gasteiger charge is -2.53. The van der Waals surface area contributed by atoms with Gasteiger partial charge in [-0.25, -0.2) is 0 Å². The molecule has 0 heterocycles. The number of aliphatic hydroxyl groups excluding tert-OH is 1. The van der Waals surface area contributed by atoms with Crippen LogP contribution in [0.5, 0.6) is 0 Å². The summed E-state index contributed by atoms with van der Waals surface area (Å²) in [5.41, 5.74) is -0.479. The van der Waals surface area contributed by atoms with Gasteiger partial charge in [-0.1, -0.05) is 19.8 Å². The van der Waals surface area contributed by atoms with Crippen molar-refractivity contribution in [3.05, 3.63) is 0 Å². The molecular formula is C11H20O2. The highest BCUT2D eigenvalue weighted by Gasteiger charge is 2.51. The Balaban J connectivity index is 2.20. The van der Waals surface area contributed by atoms with Gasteiger partial charge < -0.3 is 10.2 Å². The van der Waals surface area contributed by atoms with Crippen molar-refractivity contribution in [2.75, 3.05) is 0 Å².